The lowest BCUT2D eigenvalue weighted by Gasteiger charge is -2.36. The van der Waals surface area contributed by atoms with Gasteiger partial charge in [0, 0.05) is 42.8 Å². The molecule has 2 nitrogen and oxygen atoms in total. The predicted octanol–water partition coefficient (Wildman–Crippen LogP) is 5.63. The summed E-state index contributed by atoms with van der Waals surface area (Å²) in [7, 11) is 0. The van der Waals surface area contributed by atoms with Gasteiger partial charge in [-0.05, 0) is 35.1 Å². The average molecular weight is 402 g/mol. The molecule has 1 saturated heterocycles. The van der Waals surface area contributed by atoms with Gasteiger partial charge < -0.3 is 0 Å². The third-order valence-electron chi connectivity index (χ3n) is 5.83. The largest absolute Gasteiger partial charge is 0.299 e. The van der Waals surface area contributed by atoms with Gasteiger partial charge in [0.15, 0.2) is 0 Å². The maximum atomic E-state index is 13.0. The van der Waals surface area contributed by atoms with E-state index in [-0.39, 0.29) is 11.8 Å². The first-order valence-corrected chi connectivity index (χ1v) is 11.4. The number of thioether (sulfide) groups is 1. The lowest BCUT2D eigenvalue weighted by atomic mass is 9.76. The predicted molar refractivity (Wildman–Crippen MR) is 121 cm³/mol. The first-order chi connectivity index (χ1) is 14.2. The molecule has 0 aliphatic carbocycles. The molecular weight excluding hydrogens is 374 g/mol. The third kappa shape index (κ3) is 4.80. The Kier molecular flexibility index (Phi) is 6.48. The summed E-state index contributed by atoms with van der Waals surface area (Å²) in [6.45, 7) is 2.54. The molecule has 3 aromatic carbocycles. The zero-order chi connectivity index (χ0) is 20.1. The van der Waals surface area contributed by atoms with Crippen LogP contribution in [0.5, 0.6) is 0 Å². The summed E-state index contributed by atoms with van der Waals surface area (Å²) >= 11 is 1.77. The van der Waals surface area contributed by atoms with Crippen LogP contribution in [-0.2, 0) is 11.3 Å². The number of hydrogen-bond acceptors (Lipinski definition) is 3. The van der Waals surface area contributed by atoms with Gasteiger partial charge in [0.1, 0.15) is 5.78 Å². The number of Topliss-reactive ketones (excluding diaryl/α,β-unsaturated/α-hetero) is 1. The Hall–Kier alpha value is -2.36. The Labute approximate surface area is 178 Å². The highest BCUT2D eigenvalue weighted by Gasteiger charge is 2.35. The van der Waals surface area contributed by atoms with Crippen molar-refractivity contribution in [2.24, 2.45) is 5.92 Å². The van der Waals surface area contributed by atoms with Crippen molar-refractivity contribution in [3.8, 4) is 0 Å². The first-order valence-electron chi connectivity index (χ1n) is 10.2. The first kappa shape index (κ1) is 19.9. The molecule has 3 heteroatoms. The topological polar surface area (TPSA) is 20.3 Å². The molecule has 0 spiro atoms. The molecular formula is C26H27NOS. The lowest BCUT2D eigenvalue weighted by Crippen LogP contribution is -2.43. The SMILES string of the molecule is CSc1ccc(CN2CCC(=O)C(C(c3ccccc3)c3ccccc3)C2)cc1. The Morgan fingerprint density at radius 1 is 0.897 bits per heavy atom. The van der Waals surface area contributed by atoms with Gasteiger partial charge in [0.25, 0.3) is 0 Å². The second-order valence-corrected chi connectivity index (χ2v) is 8.58. The van der Waals surface area contributed by atoms with Gasteiger partial charge in [-0.25, -0.2) is 0 Å². The molecule has 1 atom stereocenters. The molecule has 3 aromatic rings. The van der Waals surface area contributed by atoms with E-state index >= 15 is 0 Å². The molecule has 1 aliphatic rings. The van der Waals surface area contributed by atoms with E-state index in [1.807, 2.05) is 12.1 Å². The van der Waals surface area contributed by atoms with Gasteiger partial charge in [-0.15, -0.1) is 11.8 Å². The number of nitrogens with zero attached hydrogens (tertiary/aromatic N) is 1. The van der Waals surface area contributed by atoms with E-state index in [1.54, 1.807) is 11.8 Å². The Morgan fingerprint density at radius 2 is 1.48 bits per heavy atom. The molecule has 148 valence electrons. The number of piperidine rings is 1. The quantitative estimate of drug-likeness (QED) is 0.499. The number of rotatable bonds is 6. The molecule has 0 amide bonds. The van der Waals surface area contributed by atoms with Crippen molar-refractivity contribution in [3.63, 3.8) is 0 Å². The molecule has 29 heavy (non-hydrogen) atoms. The van der Waals surface area contributed by atoms with Gasteiger partial charge in [-0.3, -0.25) is 9.69 Å². The maximum Gasteiger partial charge on any atom is 0.139 e. The summed E-state index contributed by atoms with van der Waals surface area (Å²) in [5.74, 6) is 0.474. The fourth-order valence-corrected chi connectivity index (χ4v) is 4.74. The lowest BCUT2D eigenvalue weighted by molar-refractivity contribution is -0.126. The smallest absolute Gasteiger partial charge is 0.139 e. The molecule has 4 rings (SSSR count). The van der Waals surface area contributed by atoms with Crippen molar-refractivity contribution in [1.29, 1.82) is 0 Å². The van der Waals surface area contributed by atoms with Crippen LogP contribution in [0, 0.1) is 5.92 Å². The van der Waals surface area contributed by atoms with Crippen molar-refractivity contribution in [3.05, 3.63) is 102 Å². The fourth-order valence-electron chi connectivity index (χ4n) is 4.33. The van der Waals surface area contributed by atoms with Crippen LogP contribution < -0.4 is 0 Å². The van der Waals surface area contributed by atoms with E-state index in [4.69, 9.17) is 0 Å². The fraction of sp³-hybridized carbons (Fsp3) is 0.269. The minimum Gasteiger partial charge on any atom is -0.299 e. The van der Waals surface area contributed by atoms with Crippen LogP contribution in [0.2, 0.25) is 0 Å². The van der Waals surface area contributed by atoms with Crippen molar-refractivity contribution in [2.75, 3.05) is 19.3 Å². The average Bonchev–Trinajstić information content (AvgIpc) is 2.78. The number of benzene rings is 3. The van der Waals surface area contributed by atoms with Crippen LogP contribution in [0.15, 0.2) is 89.8 Å². The van der Waals surface area contributed by atoms with Crippen molar-refractivity contribution in [1.82, 2.24) is 4.90 Å². The van der Waals surface area contributed by atoms with E-state index in [1.165, 1.54) is 21.6 Å². The van der Waals surface area contributed by atoms with Crippen LogP contribution in [-0.4, -0.2) is 30.0 Å². The van der Waals surface area contributed by atoms with Gasteiger partial charge in [0.2, 0.25) is 0 Å². The number of carbonyl (C=O) groups excluding carboxylic acids is 1. The minimum absolute atomic E-state index is 0.0148. The molecule has 1 heterocycles. The second kappa shape index (κ2) is 9.43. The minimum atomic E-state index is -0.0148. The maximum absolute atomic E-state index is 13.0. The highest BCUT2D eigenvalue weighted by atomic mass is 32.2. The molecule has 0 bridgehead atoms. The van der Waals surface area contributed by atoms with Crippen LogP contribution >= 0.6 is 11.8 Å². The standard InChI is InChI=1S/C26H27NOS/c1-29-23-14-12-20(13-15-23)18-27-17-16-25(28)24(19-27)26(21-8-4-2-5-9-21)22-10-6-3-7-11-22/h2-15,24,26H,16-19H2,1H3. The number of carbonyl (C=O) groups is 1. The van der Waals surface area contributed by atoms with Crippen molar-refractivity contribution < 1.29 is 4.79 Å². The van der Waals surface area contributed by atoms with E-state index in [9.17, 15) is 4.79 Å². The summed E-state index contributed by atoms with van der Waals surface area (Å²) in [6.07, 6.45) is 2.73. The summed E-state index contributed by atoms with van der Waals surface area (Å²) in [6, 6.07) is 29.8. The van der Waals surface area contributed by atoms with Gasteiger partial charge in [-0.1, -0.05) is 72.8 Å². The molecule has 0 aromatic heterocycles. The van der Waals surface area contributed by atoms with Crippen LogP contribution in [0.4, 0.5) is 0 Å². The van der Waals surface area contributed by atoms with Crippen molar-refractivity contribution >= 4 is 17.5 Å². The normalized spacial score (nSPS) is 17.6. The molecule has 1 aliphatic heterocycles. The highest BCUT2D eigenvalue weighted by Crippen LogP contribution is 2.36. The summed E-state index contributed by atoms with van der Waals surface area (Å²) in [5.41, 5.74) is 3.76. The molecule has 0 saturated carbocycles. The van der Waals surface area contributed by atoms with Gasteiger partial charge in [-0.2, -0.15) is 0 Å². The summed E-state index contributed by atoms with van der Waals surface area (Å²) in [5, 5.41) is 0. The number of ketones is 1. The zero-order valence-corrected chi connectivity index (χ0v) is 17.6. The Morgan fingerprint density at radius 3 is 2.03 bits per heavy atom. The van der Waals surface area contributed by atoms with E-state index in [0.717, 1.165) is 19.6 Å². The third-order valence-corrected chi connectivity index (χ3v) is 6.57. The van der Waals surface area contributed by atoms with Crippen molar-refractivity contribution in [2.45, 2.75) is 23.8 Å². The summed E-state index contributed by atoms with van der Waals surface area (Å²) < 4.78 is 0. The number of hydrogen-bond donors (Lipinski definition) is 0. The molecule has 0 radical (unpaired) electrons. The monoisotopic (exact) mass is 401 g/mol. The Balaban J connectivity index is 1.58. The molecule has 1 fully saturated rings. The van der Waals surface area contributed by atoms with E-state index in [2.05, 4.69) is 84.0 Å². The molecule has 0 N–H and O–H groups in total. The van der Waals surface area contributed by atoms with Crippen LogP contribution in [0.25, 0.3) is 0 Å². The molecule has 1 unspecified atom stereocenters. The van der Waals surface area contributed by atoms with Crippen LogP contribution in [0.1, 0.15) is 29.0 Å². The summed E-state index contributed by atoms with van der Waals surface area (Å²) in [4.78, 5) is 16.8. The second-order valence-electron chi connectivity index (χ2n) is 7.71. The van der Waals surface area contributed by atoms with E-state index < -0.39 is 0 Å². The van der Waals surface area contributed by atoms with Gasteiger partial charge in [0.05, 0.1) is 0 Å². The zero-order valence-electron chi connectivity index (χ0n) is 16.8. The number of likely N-dealkylation sites (tertiary alicyclic amines) is 1. The van der Waals surface area contributed by atoms with Gasteiger partial charge >= 0.3 is 0 Å². The van der Waals surface area contributed by atoms with Crippen LogP contribution in [0.3, 0.4) is 0 Å². The van der Waals surface area contributed by atoms with E-state index in [0.29, 0.717) is 12.2 Å². The Bertz CT molecular complexity index is 884. The highest BCUT2D eigenvalue weighted by molar-refractivity contribution is 7.98.